The number of carbonyl (C=O) groups is 3. The number of pyridine rings is 3. The molecule has 3 heterocycles. The van der Waals surface area contributed by atoms with Gasteiger partial charge in [-0.25, -0.2) is 0 Å². The Kier molecular flexibility index (Phi) is 30.2. The monoisotopic (exact) mass is 1320 g/mol. The molecule has 0 amide bonds. The number of aliphatic hydroxyl groups excluding tert-OH is 3. The van der Waals surface area contributed by atoms with Gasteiger partial charge in [-0.15, -0.1) is 0 Å². The Morgan fingerprint density at radius 3 is 1.25 bits per heavy atom. The van der Waals surface area contributed by atoms with Crippen molar-refractivity contribution >= 4 is 55.2 Å². The van der Waals surface area contributed by atoms with Crippen molar-refractivity contribution in [2.45, 2.75) is 150 Å². The van der Waals surface area contributed by atoms with Gasteiger partial charge in [-0.3, -0.25) is 14.4 Å². The molecule has 2 unspecified atom stereocenters. The fraction of sp³-hybridized carbons (Fsp3) is 0.426. The molecule has 3 aromatic carbocycles. The zero-order valence-electron chi connectivity index (χ0n) is 55.2. The minimum absolute atomic E-state index is 0.0145. The summed E-state index contributed by atoms with van der Waals surface area (Å²) in [5.74, 6) is -1.09. The van der Waals surface area contributed by atoms with Crippen LogP contribution in [0.4, 0.5) is 0 Å². The summed E-state index contributed by atoms with van der Waals surface area (Å²) in [6.45, 7) is 6.46. The summed E-state index contributed by atoms with van der Waals surface area (Å²) in [5.41, 5.74) is -1.26. The van der Waals surface area contributed by atoms with E-state index in [4.69, 9.17) is 51.9 Å². The second kappa shape index (κ2) is 38.3. The van der Waals surface area contributed by atoms with Crippen LogP contribution in [0.15, 0.2) is 91.0 Å². The van der Waals surface area contributed by atoms with Crippen LogP contribution in [-0.4, -0.2) is 130 Å². The number of hydrogen-bond donors (Lipinski definition) is 5. The van der Waals surface area contributed by atoms with Gasteiger partial charge in [0.2, 0.25) is 35.3 Å². The van der Waals surface area contributed by atoms with Gasteiger partial charge in [-0.05, 0) is 114 Å². The molecular weight excluding hydrogens is 1240 g/mol. The van der Waals surface area contributed by atoms with E-state index in [2.05, 4.69) is 21.9 Å². The Morgan fingerprint density at radius 1 is 0.479 bits per heavy atom. The fourth-order valence-corrected chi connectivity index (χ4v) is 10.5. The van der Waals surface area contributed by atoms with Gasteiger partial charge in [0.15, 0.2) is 0 Å². The van der Waals surface area contributed by atoms with Crippen molar-refractivity contribution in [2.75, 3.05) is 39.6 Å². The lowest BCUT2D eigenvalue weighted by Crippen LogP contribution is -2.66. The van der Waals surface area contributed by atoms with E-state index < -0.39 is 69.7 Å². The van der Waals surface area contributed by atoms with Crippen LogP contribution in [0.3, 0.4) is 0 Å². The summed E-state index contributed by atoms with van der Waals surface area (Å²) in [7, 11) is -1.78. The number of esters is 3. The molecule has 0 aliphatic heterocycles. The van der Waals surface area contributed by atoms with Gasteiger partial charge >= 0.3 is 38.9 Å². The molecule has 3 aromatic heterocycles. The predicted molar refractivity (Wildman–Crippen MR) is 352 cm³/mol. The first kappa shape index (κ1) is 75.7. The summed E-state index contributed by atoms with van der Waals surface area (Å²) in [5, 5.41) is 89.0. The summed E-state index contributed by atoms with van der Waals surface area (Å²) >= 11 is 0. The van der Waals surface area contributed by atoms with Crippen molar-refractivity contribution in [3.8, 4) is 70.7 Å². The largest absolute Gasteiger partial charge is 0.491 e. The summed E-state index contributed by atoms with van der Waals surface area (Å²) < 4.78 is 65.2. The standard InChI is InChI=1S/C68H81B3N6O19/c1-8-11-13-14-16-29-67(7,69(84)58-23-20-55(37-52(58)43-78)92-61-26-17-49(40-72)64(75-61)89-34-31-86-46(4)81)95-70(59-24-21-56(38-53(59)44-79)93-62-27-18-50(41-73)65(76-62)90-35-32-87-47(5)82)68(10-3,30-15-12-9-2)96-71(85)60-25-22-57(39-54(60)45-80)94-63-28-19-51(42-74)66(77-63)91-36-33-88-48(6)83/h17-28,37-39,78-80,84-85H,8-16,29-36,43-45H2,1-7H3. The highest BCUT2D eigenvalue weighted by Crippen LogP contribution is 2.37. The van der Waals surface area contributed by atoms with Crippen LogP contribution < -0.4 is 44.8 Å². The van der Waals surface area contributed by atoms with Crippen molar-refractivity contribution < 1.29 is 91.7 Å². The minimum atomic E-state index is -1.78. The van der Waals surface area contributed by atoms with E-state index >= 15 is 0 Å². The number of nitrogens with zero attached hydrogens (tertiary/aromatic N) is 6. The van der Waals surface area contributed by atoms with E-state index in [0.29, 0.717) is 24.7 Å². The molecule has 0 saturated carbocycles. The van der Waals surface area contributed by atoms with Gasteiger partial charge < -0.3 is 77.3 Å². The maximum absolute atomic E-state index is 13.2. The summed E-state index contributed by atoms with van der Waals surface area (Å²) in [6, 6.07) is 29.0. The van der Waals surface area contributed by atoms with Crippen LogP contribution in [0, 0.1) is 34.0 Å². The van der Waals surface area contributed by atoms with Crippen molar-refractivity contribution in [1.29, 1.82) is 15.8 Å². The zero-order chi connectivity index (χ0) is 69.6. The number of nitriles is 3. The Bertz CT molecular complexity index is 3700. The number of aliphatic hydroxyl groups is 3. The molecule has 25 nitrogen and oxygen atoms in total. The zero-order valence-corrected chi connectivity index (χ0v) is 55.2. The Hall–Kier alpha value is -9.30. The molecule has 506 valence electrons. The highest BCUT2D eigenvalue weighted by molar-refractivity contribution is 6.75. The van der Waals surface area contributed by atoms with Gasteiger partial charge in [0.1, 0.15) is 91.8 Å². The number of carbonyl (C=O) groups excluding carboxylic acids is 3. The first-order valence-electron chi connectivity index (χ1n) is 31.8. The molecule has 96 heavy (non-hydrogen) atoms. The van der Waals surface area contributed by atoms with Crippen molar-refractivity contribution in [2.24, 2.45) is 0 Å². The number of hydrogen-bond acceptors (Lipinski definition) is 25. The molecule has 2 atom stereocenters. The van der Waals surface area contributed by atoms with Crippen molar-refractivity contribution in [1.82, 2.24) is 15.0 Å². The van der Waals surface area contributed by atoms with Crippen molar-refractivity contribution in [3.63, 3.8) is 0 Å². The number of unbranched alkanes of at least 4 members (excludes halogenated alkanes) is 6. The van der Waals surface area contributed by atoms with Crippen LogP contribution in [0.2, 0.25) is 0 Å². The molecule has 6 rings (SSSR count). The first-order valence-corrected chi connectivity index (χ1v) is 31.8. The maximum Gasteiger partial charge on any atom is 0.491 e. The number of benzene rings is 3. The van der Waals surface area contributed by atoms with E-state index in [9.17, 15) is 55.5 Å². The van der Waals surface area contributed by atoms with E-state index in [1.165, 1.54) is 75.4 Å². The van der Waals surface area contributed by atoms with E-state index in [0.717, 1.165) is 32.1 Å². The molecule has 5 N–H and O–H groups in total. The molecule has 0 fully saturated rings. The molecule has 28 heteroatoms. The van der Waals surface area contributed by atoms with Crippen LogP contribution in [0.25, 0.3) is 0 Å². The fourth-order valence-electron chi connectivity index (χ4n) is 10.5. The molecule has 0 saturated heterocycles. The first-order chi connectivity index (χ1) is 46.3. The van der Waals surface area contributed by atoms with E-state index in [1.54, 1.807) is 43.3 Å². The number of aromatic nitrogens is 3. The number of ether oxygens (including phenoxy) is 9. The second-order valence-corrected chi connectivity index (χ2v) is 22.5. The molecule has 0 aliphatic carbocycles. The van der Waals surface area contributed by atoms with Crippen LogP contribution in [-0.2, 0) is 57.7 Å². The lowest BCUT2D eigenvalue weighted by molar-refractivity contribution is -0.142. The van der Waals surface area contributed by atoms with Gasteiger partial charge in [-0.1, -0.05) is 90.3 Å². The lowest BCUT2D eigenvalue weighted by atomic mass is 9.40. The van der Waals surface area contributed by atoms with Gasteiger partial charge in [0.05, 0.1) is 30.8 Å². The van der Waals surface area contributed by atoms with Gasteiger partial charge in [0.25, 0.3) is 0 Å². The highest BCUT2D eigenvalue weighted by Gasteiger charge is 2.53. The third-order valence-electron chi connectivity index (χ3n) is 15.5. The minimum Gasteiger partial charge on any atom is -0.473 e. The van der Waals surface area contributed by atoms with Crippen molar-refractivity contribution in [3.05, 3.63) is 124 Å². The summed E-state index contributed by atoms with van der Waals surface area (Å²) in [4.78, 5) is 47.2. The highest BCUT2D eigenvalue weighted by atomic mass is 16.6. The SMILES string of the molecule is CCCCCCCC(C)(OB(c1ccc(Oc2ccc(C#N)c(OCCOC(C)=O)n2)cc1CO)C(CC)(CCCCC)OB(O)c1ccc(Oc2ccc(C#N)c(OCCOC(C)=O)n2)cc1CO)B(O)c1ccc(Oc2ccc(C#N)c(OCCOC(C)=O)n2)cc1CO. The molecule has 0 spiro atoms. The predicted octanol–water partition coefficient (Wildman–Crippen LogP) is 7.60. The molecule has 6 aromatic rings. The Morgan fingerprint density at radius 2 is 0.854 bits per heavy atom. The normalized spacial score (nSPS) is 12.1. The topological polar surface area (TPSA) is 364 Å². The van der Waals surface area contributed by atoms with Crippen LogP contribution in [0.5, 0.6) is 52.5 Å². The maximum atomic E-state index is 13.2. The third-order valence-corrected chi connectivity index (χ3v) is 15.5. The molecule has 0 radical (unpaired) electrons. The van der Waals surface area contributed by atoms with Crippen LogP contribution in [0.1, 0.15) is 152 Å². The smallest absolute Gasteiger partial charge is 0.473 e. The van der Waals surface area contributed by atoms with E-state index in [-0.39, 0.29) is 156 Å². The average molecular weight is 1320 g/mol. The number of rotatable bonds is 41. The average Bonchev–Trinajstić information content (AvgIpc) is 0.761. The van der Waals surface area contributed by atoms with E-state index in [1.807, 2.05) is 32.1 Å². The van der Waals surface area contributed by atoms with Gasteiger partial charge in [0, 0.05) is 39.0 Å². The summed E-state index contributed by atoms with van der Waals surface area (Å²) in [6.07, 6.45) is 6.79. The molecular formula is C68H81B3N6O19. The third kappa shape index (κ3) is 21.9. The Balaban J connectivity index is 1.47. The second-order valence-electron chi connectivity index (χ2n) is 22.5. The lowest BCUT2D eigenvalue weighted by Gasteiger charge is -2.45. The Labute approximate surface area is 560 Å². The van der Waals surface area contributed by atoms with Crippen LogP contribution >= 0.6 is 0 Å². The molecule has 0 aliphatic rings. The molecule has 0 bridgehead atoms. The van der Waals surface area contributed by atoms with Gasteiger partial charge in [-0.2, -0.15) is 30.7 Å². The quantitative estimate of drug-likeness (QED) is 0.0107.